The number of H-pyrrole nitrogens is 1. The lowest BCUT2D eigenvalue weighted by Gasteiger charge is -2.20. The minimum Gasteiger partial charge on any atom is -0.340 e. The summed E-state index contributed by atoms with van der Waals surface area (Å²) < 4.78 is 38.2. The van der Waals surface area contributed by atoms with Crippen LogP contribution in [-0.4, -0.2) is 33.0 Å². The molecule has 116 valence electrons. The summed E-state index contributed by atoms with van der Waals surface area (Å²) in [4.78, 5) is 27.5. The highest BCUT2D eigenvalue weighted by molar-refractivity contribution is 5.34. The van der Waals surface area contributed by atoms with Crippen LogP contribution in [0.15, 0.2) is 23.4 Å². The van der Waals surface area contributed by atoms with Gasteiger partial charge in [-0.15, -0.1) is 0 Å². The summed E-state index contributed by atoms with van der Waals surface area (Å²) in [7, 11) is 0. The van der Waals surface area contributed by atoms with Crippen molar-refractivity contribution in [3.8, 4) is 0 Å². The number of nitrogens with one attached hydrogen (secondary N) is 1. The molecule has 0 saturated carbocycles. The summed E-state index contributed by atoms with van der Waals surface area (Å²) in [6, 6.07) is 0.836. The fourth-order valence-electron chi connectivity index (χ4n) is 2.40. The number of rotatable bonds is 1. The Morgan fingerprint density at radius 3 is 2.73 bits per heavy atom. The van der Waals surface area contributed by atoms with Crippen LogP contribution in [0, 0.1) is 0 Å². The maximum atomic E-state index is 12.7. The quantitative estimate of drug-likeness (QED) is 0.856. The summed E-state index contributed by atoms with van der Waals surface area (Å²) in [5, 5.41) is 0. The Bertz CT molecular complexity index is 743. The third-order valence-electron chi connectivity index (χ3n) is 3.50. The topological polar surface area (TPSA) is 74.8 Å². The first-order valence-corrected chi connectivity index (χ1v) is 6.66. The molecule has 2 aromatic rings. The largest absolute Gasteiger partial charge is 0.433 e. The van der Waals surface area contributed by atoms with Gasteiger partial charge in [0.25, 0.3) is 5.56 Å². The van der Waals surface area contributed by atoms with Crippen LogP contribution in [-0.2, 0) is 19.0 Å². The summed E-state index contributed by atoms with van der Waals surface area (Å²) in [6.45, 7) is 0.772. The SMILES string of the molecule is O=c1[nH]cnc2c1CCN(c1nccc(C(F)(F)F)n1)CC2. The van der Waals surface area contributed by atoms with Gasteiger partial charge in [-0.2, -0.15) is 13.2 Å². The fourth-order valence-corrected chi connectivity index (χ4v) is 2.40. The molecule has 0 atom stereocenters. The van der Waals surface area contributed by atoms with Gasteiger partial charge in [0.05, 0.1) is 12.0 Å². The predicted octanol–water partition coefficient (Wildman–Crippen LogP) is 1.18. The minimum atomic E-state index is -4.51. The van der Waals surface area contributed by atoms with Gasteiger partial charge in [0.1, 0.15) is 5.69 Å². The van der Waals surface area contributed by atoms with Crippen LogP contribution in [0.5, 0.6) is 0 Å². The molecule has 0 fully saturated rings. The Hall–Kier alpha value is -2.45. The Kier molecular flexibility index (Phi) is 3.55. The molecule has 0 aromatic carbocycles. The molecule has 2 aromatic heterocycles. The molecule has 0 bridgehead atoms. The zero-order valence-corrected chi connectivity index (χ0v) is 11.4. The van der Waals surface area contributed by atoms with Gasteiger partial charge in [-0.3, -0.25) is 4.79 Å². The summed E-state index contributed by atoms with van der Waals surface area (Å²) >= 11 is 0. The molecular formula is C13H12F3N5O. The standard InChI is InChI=1S/C13H12F3N5O/c14-13(15,16)10-1-4-17-12(20-10)21-5-2-8-9(3-6-21)18-7-19-11(8)22/h1,4,7H,2-3,5-6H2,(H,18,19,22). The van der Waals surface area contributed by atoms with Crippen molar-refractivity contribution < 1.29 is 13.2 Å². The summed E-state index contributed by atoms with van der Waals surface area (Å²) in [6.07, 6.45) is -1.24. The van der Waals surface area contributed by atoms with Gasteiger partial charge >= 0.3 is 6.18 Å². The average Bonchev–Trinajstić information content (AvgIpc) is 2.70. The smallest absolute Gasteiger partial charge is 0.340 e. The number of nitrogens with zero attached hydrogens (tertiary/aromatic N) is 4. The molecule has 0 unspecified atom stereocenters. The molecule has 1 aliphatic heterocycles. The molecule has 6 nitrogen and oxygen atoms in total. The van der Waals surface area contributed by atoms with E-state index in [9.17, 15) is 18.0 Å². The van der Waals surface area contributed by atoms with Crippen LogP contribution < -0.4 is 10.5 Å². The second kappa shape index (κ2) is 5.39. The number of anilines is 1. The molecule has 0 aliphatic carbocycles. The molecular weight excluding hydrogens is 299 g/mol. The van der Waals surface area contributed by atoms with Crippen LogP contribution >= 0.6 is 0 Å². The van der Waals surface area contributed by atoms with E-state index >= 15 is 0 Å². The molecule has 0 saturated heterocycles. The first kappa shape index (κ1) is 14.5. The van der Waals surface area contributed by atoms with Crippen molar-refractivity contribution in [1.29, 1.82) is 0 Å². The molecule has 9 heteroatoms. The number of fused-ring (bicyclic) bond motifs is 1. The van der Waals surface area contributed by atoms with E-state index < -0.39 is 11.9 Å². The fraction of sp³-hybridized carbons (Fsp3) is 0.385. The van der Waals surface area contributed by atoms with Gasteiger partial charge in [-0.25, -0.2) is 15.0 Å². The molecule has 1 N–H and O–H groups in total. The van der Waals surface area contributed by atoms with Gasteiger partial charge in [0.2, 0.25) is 5.95 Å². The molecule has 0 amide bonds. The number of hydrogen-bond acceptors (Lipinski definition) is 5. The predicted molar refractivity (Wildman–Crippen MR) is 71.5 cm³/mol. The lowest BCUT2D eigenvalue weighted by atomic mass is 10.1. The normalized spacial score (nSPS) is 15.3. The molecule has 22 heavy (non-hydrogen) atoms. The summed E-state index contributed by atoms with van der Waals surface area (Å²) in [5.41, 5.74) is 0.0437. The van der Waals surface area contributed by atoms with Gasteiger partial charge in [-0.1, -0.05) is 0 Å². The Morgan fingerprint density at radius 1 is 1.18 bits per heavy atom. The van der Waals surface area contributed by atoms with Crippen molar-refractivity contribution in [3.63, 3.8) is 0 Å². The van der Waals surface area contributed by atoms with Crippen LogP contribution in [0.1, 0.15) is 17.0 Å². The van der Waals surface area contributed by atoms with E-state index in [0.717, 1.165) is 12.3 Å². The Balaban J connectivity index is 1.87. The van der Waals surface area contributed by atoms with E-state index in [1.54, 1.807) is 4.90 Å². The number of aromatic amines is 1. The first-order valence-electron chi connectivity index (χ1n) is 6.66. The Labute approximate surface area is 123 Å². The highest BCUT2D eigenvalue weighted by Crippen LogP contribution is 2.28. The lowest BCUT2D eigenvalue weighted by Crippen LogP contribution is -2.29. The second-order valence-electron chi connectivity index (χ2n) is 4.88. The number of alkyl halides is 3. The molecule has 1 aliphatic rings. The van der Waals surface area contributed by atoms with Crippen molar-refractivity contribution in [2.24, 2.45) is 0 Å². The maximum absolute atomic E-state index is 12.7. The lowest BCUT2D eigenvalue weighted by molar-refractivity contribution is -0.141. The van der Waals surface area contributed by atoms with Crippen LogP contribution in [0.2, 0.25) is 0 Å². The van der Waals surface area contributed by atoms with E-state index in [1.165, 1.54) is 6.33 Å². The minimum absolute atomic E-state index is 0.0130. The van der Waals surface area contributed by atoms with Gasteiger partial charge in [0, 0.05) is 31.3 Å². The van der Waals surface area contributed by atoms with E-state index in [-0.39, 0.29) is 11.5 Å². The van der Waals surface area contributed by atoms with Crippen molar-refractivity contribution in [2.45, 2.75) is 19.0 Å². The third-order valence-corrected chi connectivity index (χ3v) is 3.50. The van der Waals surface area contributed by atoms with Gasteiger partial charge in [0.15, 0.2) is 0 Å². The van der Waals surface area contributed by atoms with E-state index in [4.69, 9.17) is 0 Å². The van der Waals surface area contributed by atoms with Crippen LogP contribution in [0.25, 0.3) is 0 Å². The van der Waals surface area contributed by atoms with Crippen molar-refractivity contribution >= 4 is 5.95 Å². The highest BCUT2D eigenvalue weighted by Gasteiger charge is 2.33. The van der Waals surface area contributed by atoms with Gasteiger partial charge < -0.3 is 9.88 Å². The summed E-state index contributed by atoms with van der Waals surface area (Å²) in [5.74, 6) is 0.0130. The monoisotopic (exact) mass is 311 g/mol. The van der Waals surface area contributed by atoms with Crippen molar-refractivity contribution in [2.75, 3.05) is 18.0 Å². The molecule has 3 heterocycles. The zero-order chi connectivity index (χ0) is 15.7. The van der Waals surface area contributed by atoms with Crippen molar-refractivity contribution in [3.05, 3.63) is 45.9 Å². The zero-order valence-electron chi connectivity index (χ0n) is 11.4. The molecule has 0 radical (unpaired) electrons. The van der Waals surface area contributed by atoms with E-state index in [2.05, 4.69) is 19.9 Å². The Morgan fingerprint density at radius 2 is 1.95 bits per heavy atom. The molecule has 3 rings (SSSR count). The third kappa shape index (κ3) is 2.78. The van der Waals surface area contributed by atoms with E-state index in [1.807, 2.05) is 0 Å². The van der Waals surface area contributed by atoms with E-state index in [0.29, 0.717) is 37.2 Å². The number of halogens is 3. The number of hydrogen-bond donors (Lipinski definition) is 1. The molecule has 0 spiro atoms. The van der Waals surface area contributed by atoms with Crippen LogP contribution in [0.3, 0.4) is 0 Å². The highest BCUT2D eigenvalue weighted by atomic mass is 19.4. The van der Waals surface area contributed by atoms with Crippen molar-refractivity contribution in [1.82, 2.24) is 19.9 Å². The first-order chi connectivity index (χ1) is 10.4. The maximum Gasteiger partial charge on any atom is 0.433 e. The number of aromatic nitrogens is 4. The van der Waals surface area contributed by atoms with Gasteiger partial charge in [-0.05, 0) is 12.5 Å². The van der Waals surface area contributed by atoms with Crippen LogP contribution in [0.4, 0.5) is 19.1 Å². The average molecular weight is 311 g/mol. The second-order valence-corrected chi connectivity index (χ2v) is 4.88.